The zero-order valence-electron chi connectivity index (χ0n) is 18.2. The van der Waals surface area contributed by atoms with E-state index in [2.05, 4.69) is 43.0 Å². The number of thioether (sulfide) groups is 2. The minimum atomic E-state index is 0.00419. The van der Waals surface area contributed by atoms with Crippen molar-refractivity contribution in [2.75, 3.05) is 11.9 Å². The van der Waals surface area contributed by atoms with Crippen LogP contribution in [0.4, 0.5) is 11.4 Å². The summed E-state index contributed by atoms with van der Waals surface area (Å²) < 4.78 is 0. The molecule has 0 atom stereocenters. The number of aliphatic imine (C=N–C) groups is 1. The molecule has 4 nitrogen and oxygen atoms in total. The van der Waals surface area contributed by atoms with Gasteiger partial charge in [0.1, 0.15) is 4.91 Å². The molecule has 2 heterocycles. The van der Waals surface area contributed by atoms with Crippen molar-refractivity contribution >= 4 is 46.0 Å². The van der Waals surface area contributed by atoms with Crippen LogP contribution in [0.1, 0.15) is 16.7 Å². The third-order valence-corrected chi connectivity index (χ3v) is 7.98. The molecule has 0 N–H and O–H groups in total. The quantitative estimate of drug-likeness (QED) is 0.422. The topological polar surface area (TPSA) is 35.9 Å². The Morgan fingerprint density at radius 2 is 1.66 bits per heavy atom. The molecule has 0 aromatic heterocycles. The molecule has 0 unspecified atom stereocenters. The van der Waals surface area contributed by atoms with Crippen LogP contribution < -0.4 is 4.90 Å². The molecule has 160 valence electrons. The number of amidine groups is 1. The molecule has 0 radical (unpaired) electrons. The van der Waals surface area contributed by atoms with Crippen LogP contribution in [0.15, 0.2) is 92.6 Å². The molecule has 5 rings (SSSR count). The summed E-state index contributed by atoms with van der Waals surface area (Å²) in [6, 6.07) is 24.5. The maximum absolute atomic E-state index is 13.7. The lowest BCUT2D eigenvalue weighted by atomic mass is 10.1. The fourth-order valence-electron chi connectivity index (χ4n) is 3.86. The lowest BCUT2D eigenvalue weighted by Crippen LogP contribution is -2.29. The van der Waals surface area contributed by atoms with Gasteiger partial charge in [0, 0.05) is 11.9 Å². The average Bonchev–Trinajstić information content (AvgIpc) is 3.28. The summed E-state index contributed by atoms with van der Waals surface area (Å²) in [7, 11) is 2.02. The Bertz CT molecular complexity index is 1270. The van der Waals surface area contributed by atoms with Gasteiger partial charge in [-0.25, -0.2) is 4.99 Å². The summed E-state index contributed by atoms with van der Waals surface area (Å²) in [5.41, 5.74) is 5.41. The van der Waals surface area contributed by atoms with E-state index < -0.39 is 0 Å². The molecule has 2 aliphatic heterocycles. The average molecular weight is 458 g/mol. The van der Waals surface area contributed by atoms with Crippen molar-refractivity contribution in [2.24, 2.45) is 4.99 Å². The standard InChI is InChI=1S/C26H23N3OS2/c1-17-13-14-20(18(2)15-17)27-26-29(16-19-9-5-4-6-10-19)24(30)23(32-26)25-28(3)21-11-7-8-12-22(21)31-25/h4-15H,16H2,1-3H3. The third-order valence-electron chi connectivity index (χ3n) is 5.55. The largest absolute Gasteiger partial charge is 0.337 e. The summed E-state index contributed by atoms with van der Waals surface area (Å²) in [6.45, 7) is 4.63. The predicted octanol–water partition coefficient (Wildman–Crippen LogP) is 6.48. The monoisotopic (exact) mass is 457 g/mol. The van der Waals surface area contributed by atoms with Crippen LogP contribution in [0.3, 0.4) is 0 Å². The molecule has 1 fully saturated rings. The molecule has 6 heteroatoms. The number of rotatable bonds is 3. The molecular formula is C26H23N3OS2. The number of para-hydroxylation sites is 1. The van der Waals surface area contributed by atoms with Crippen LogP contribution in [-0.4, -0.2) is 23.0 Å². The van der Waals surface area contributed by atoms with E-state index in [1.807, 2.05) is 55.6 Å². The minimum Gasteiger partial charge on any atom is -0.337 e. The van der Waals surface area contributed by atoms with Gasteiger partial charge in [-0.3, -0.25) is 9.69 Å². The molecule has 0 bridgehead atoms. The first-order valence-electron chi connectivity index (χ1n) is 10.5. The van der Waals surface area contributed by atoms with Crippen LogP contribution in [0.5, 0.6) is 0 Å². The first kappa shape index (κ1) is 20.9. The summed E-state index contributed by atoms with van der Waals surface area (Å²) in [6.07, 6.45) is 0. The van der Waals surface area contributed by atoms with Gasteiger partial charge in [-0.2, -0.15) is 0 Å². The van der Waals surface area contributed by atoms with E-state index in [0.717, 1.165) is 37.6 Å². The maximum Gasteiger partial charge on any atom is 0.269 e. The number of fused-ring (bicyclic) bond motifs is 1. The zero-order chi connectivity index (χ0) is 22.2. The highest BCUT2D eigenvalue weighted by atomic mass is 32.2. The van der Waals surface area contributed by atoms with Gasteiger partial charge >= 0.3 is 0 Å². The van der Waals surface area contributed by atoms with E-state index in [1.165, 1.54) is 22.2 Å². The fourth-order valence-corrected chi connectivity index (χ4v) is 6.19. The van der Waals surface area contributed by atoms with E-state index in [0.29, 0.717) is 6.54 Å². The van der Waals surface area contributed by atoms with Crippen molar-refractivity contribution in [1.29, 1.82) is 0 Å². The number of hydrogen-bond acceptors (Lipinski definition) is 5. The summed E-state index contributed by atoms with van der Waals surface area (Å²) >= 11 is 3.12. The Morgan fingerprint density at radius 1 is 0.906 bits per heavy atom. The van der Waals surface area contributed by atoms with Gasteiger partial charge in [-0.1, -0.05) is 71.9 Å². The normalized spacial score (nSPS) is 19.2. The second kappa shape index (κ2) is 8.52. The van der Waals surface area contributed by atoms with Crippen molar-refractivity contribution in [3.63, 3.8) is 0 Å². The fraction of sp³-hybridized carbons (Fsp3) is 0.154. The Hall–Kier alpha value is -2.96. The minimum absolute atomic E-state index is 0.00419. The molecule has 0 saturated carbocycles. The highest BCUT2D eigenvalue weighted by Crippen LogP contribution is 2.50. The number of amides is 1. The lowest BCUT2D eigenvalue weighted by molar-refractivity contribution is -0.122. The van der Waals surface area contributed by atoms with Crippen molar-refractivity contribution in [2.45, 2.75) is 25.3 Å². The van der Waals surface area contributed by atoms with Crippen LogP contribution in [0.2, 0.25) is 0 Å². The molecule has 1 saturated heterocycles. The molecule has 0 spiro atoms. The SMILES string of the molecule is Cc1ccc(N=C2SC(=C3Sc4ccccc4N3C)C(=O)N2Cc2ccccc2)c(C)c1. The first-order valence-corrected chi connectivity index (χ1v) is 12.1. The van der Waals surface area contributed by atoms with Crippen molar-refractivity contribution in [3.8, 4) is 0 Å². The Kier molecular flexibility index (Phi) is 5.57. The molecule has 1 amide bonds. The number of anilines is 1. The van der Waals surface area contributed by atoms with Gasteiger partial charge in [0.15, 0.2) is 5.17 Å². The molecular weight excluding hydrogens is 434 g/mol. The number of benzene rings is 3. The van der Waals surface area contributed by atoms with E-state index in [4.69, 9.17) is 4.99 Å². The van der Waals surface area contributed by atoms with Crippen LogP contribution in [0.25, 0.3) is 0 Å². The van der Waals surface area contributed by atoms with Gasteiger partial charge in [0.05, 0.1) is 22.9 Å². The summed E-state index contributed by atoms with van der Waals surface area (Å²) in [5.74, 6) is 0.00419. The van der Waals surface area contributed by atoms with E-state index in [1.54, 1.807) is 16.7 Å². The number of carbonyl (C=O) groups excluding carboxylic acids is 1. The second-order valence-corrected chi connectivity index (χ2v) is 9.93. The Morgan fingerprint density at radius 3 is 2.41 bits per heavy atom. The lowest BCUT2D eigenvalue weighted by Gasteiger charge is -2.17. The molecule has 32 heavy (non-hydrogen) atoms. The summed E-state index contributed by atoms with van der Waals surface area (Å²) in [5, 5.41) is 1.68. The highest BCUT2D eigenvalue weighted by molar-refractivity contribution is 8.19. The predicted molar refractivity (Wildman–Crippen MR) is 135 cm³/mol. The third kappa shape index (κ3) is 3.85. The van der Waals surface area contributed by atoms with Gasteiger partial charge in [-0.15, -0.1) is 0 Å². The van der Waals surface area contributed by atoms with E-state index in [-0.39, 0.29) is 5.91 Å². The summed E-state index contributed by atoms with van der Waals surface area (Å²) in [4.78, 5) is 24.4. The van der Waals surface area contributed by atoms with Crippen molar-refractivity contribution in [3.05, 3.63) is 99.4 Å². The Balaban J connectivity index is 1.57. The molecule has 0 aliphatic carbocycles. The zero-order valence-corrected chi connectivity index (χ0v) is 19.8. The highest BCUT2D eigenvalue weighted by Gasteiger charge is 2.39. The van der Waals surface area contributed by atoms with Gasteiger partial charge in [0.25, 0.3) is 5.91 Å². The van der Waals surface area contributed by atoms with E-state index >= 15 is 0 Å². The van der Waals surface area contributed by atoms with Crippen LogP contribution in [-0.2, 0) is 11.3 Å². The van der Waals surface area contributed by atoms with E-state index in [9.17, 15) is 4.79 Å². The van der Waals surface area contributed by atoms with Crippen molar-refractivity contribution in [1.82, 2.24) is 4.90 Å². The Labute approximate surface area is 197 Å². The number of nitrogens with zero attached hydrogens (tertiary/aromatic N) is 3. The number of carbonyl (C=O) groups is 1. The number of aryl methyl sites for hydroxylation is 2. The second-order valence-electron chi connectivity index (χ2n) is 7.93. The van der Waals surface area contributed by atoms with Crippen molar-refractivity contribution < 1.29 is 4.79 Å². The van der Waals surface area contributed by atoms with Gasteiger partial charge < -0.3 is 4.90 Å². The maximum atomic E-state index is 13.7. The first-order chi connectivity index (χ1) is 15.5. The molecule has 3 aromatic carbocycles. The molecule has 2 aliphatic rings. The van der Waals surface area contributed by atoms with Crippen LogP contribution >= 0.6 is 23.5 Å². The molecule has 3 aromatic rings. The number of hydrogen-bond donors (Lipinski definition) is 0. The van der Waals surface area contributed by atoms with Gasteiger partial charge in [0.2, 0.25) is 0 Å². The van der Waals surface area contributed by atoms with Gasteiger partial charge in [-0.05, 0) is 54.9 Å². The smallest absolute Gasteiger partial charge is 0.269 e. The van der Waals surface area contributed by atoms with Crippen LogP contribution in [0, 0.1) is 13.8 Å².